The Morgan fingerprint density at radius 3 is 2.73 bits per heavy atom. The van der Waals surface area contributed by atoms with Crippen LogP contribution in [0.15, 0.2) is 47.4 Å². The lowest BCUT2D eigenvalue weighted by atomic mass is 9.99. The molecule has 0 radical (unpaired) electrons. The van der Waals surface area contributed by atoms with E-state index in [0.29, 0.717) is 35.0 Å². The van der Waals surface area contributed by atoms with E-state index in [1.54, 1.807) is 23.9 Å². The van der Waals surface area contributed by atoms with Crippen molar-refractivity contribution in [1.82, 2.24) is 4.31 Å². The molecule has 0 bridgehead atoms. The highest BCUT2D eigenvalue weighted by Gasteiger charge is 2.33. The highest BCUT2D eigenvalue weighted by Crippen LogP contribution is 2.29. The van der Waals surface area contributed by atoms with Gasteiger partial charge in [-0.2, -0.15) is 0 Å². The molecule has 162 valence electrons. The molecule has 1 N–H and O–H groups in total. The Bertz CT molecular complexity index is 1020. The number of nitrogens with one attached hydrogen (secondary N) is 1. The van der Waals surface area contributed by atoms with E-state index in [1.807, 2.05) is 24.3 Å². The number of thioether (sulfide) groups is 1. The van der Waals surface area contributed by atoms with Gasteiger partial charge >= 0.3 is 0 Å². The third kappa shape index (κ3) is 5.92. The third-order valence-electron chi connectivity index (χ3n) is 4.95. The number of para-hydroxylation sites is 1. The highest BCUT2D eigenvalue weighted by molar-refractivity contribution is 7.99. The van der Waals surface area contributed by atoms with Crippen LogP contribution in [0.3, 0.4) is 0 Å². The van der Waals surface area contributed by atoms with E-state index in [-0.39, 0.29) is 18.2 Å². The van der Waals surface area contributed by atoms with E-state index in [2.05, 4.69) is 12.2 Å². The molecule has 9 heteroatoms. The van der Waals surface area contributed by atoms with Crippen LogP contribution in [-0.2, 0) is 20.6 Å². The molecular weight excluding hydrogens is 463 g/mol. The van der Waals surface area contributed by atoms with Crippen LogP contribution in [-0.4, -0.2) is 37.5 Å². The van der Waals surface area contributed by atoms with Gasteiger partial charge in [0.2, 0.25) is 15.9 Å². The molecule has 1 aliphatic heterocycles. The summed E-state index contributed by atoms with van der Waals surface area (Å²) < 4.78 is 27.3. The number of benzene rings is 2. The van der Waals surface area contributed by atoms with Gasteiger partial charge in [0.1, 0.15) is 0 Å². The van der Waals surface area contributed by atoms with Crippen molar-refractivity contribution >= 4 is 56.6 Å². The molecule has 1 aliphatic rings. The van der Waals surface area contributed by atoms with E-state index in [9.17, 15) is 13.2 Å². The second kappa shape index (κ2) is 10.4. The fourth-order valence-electron chi connectivity index (χ4n) is 3.42. The van der Waals surface area contributed by atoms with Crippen molar-refractivity contribution in [3.8, 4) is 0 Å². The first-order chi connectivity index (χ1) is 14.3. The normalized spacial score (nSPS) is 17.6. The van der Waals surface area contributed by atoms with Crippen molar-refractivity contribution in [2.45, 2.75) is 30.4 Å². The van der Waals surface area contributed by atoms with Gasteiger partial charge in [-0.3, -0.25) is 4.79 Å². The Morgan fingerprint density at radius 1 is 1.23 bits per heavy atom. The number of hydrogen-bond donors (Lipinski definition) is 1. The Kier molecular flexibility index (Phi) is 8.10. The largest absolute Gasteiger partial charge is 0.325 e. The zero-order valence-electron chi connectivity index (χ0n) is 16.6. The number of piperidine rings is 1. The number of carbonyl (C=O) groups excluding carboxylic acids is 1. The summed E-state index contributed by atoms with van der Waals surface area (Å²) in [5, 5.41) is 3.76. The summed E-state index contributed by atoms with van der Waals surface area (Å²) in [6, 6.07) is 12.4. The molecule has 0 unspecified atom stereocenters. The first kappa shape index (κ1) is 23.4. The van der Waals surface area contributed by atoms with Crippen LogP contribution in [0.4, 0.5) is 5.69 Å². The van der Waals surface area contributed by atoms with Gasteiger partial charge < -0.3 is 5.32 Å². The Balaban J connectivity index is 1.69. The number of nitrogens with zero attached hydrogens (tertiary/aromatic N) is 1. The van der Waals surface area contributed by atoms with Crippen molar-refractivity contribution in [2.24, 2.45) is 5.92 Å². The average Bonchev–Trinajstić information content (AvgIpc) is 2.72. The summed E-state index contributed by atoms with van der Waals surface area (Å²) in [4.78, 5) is 13.9. The molecular formula is C21H24Cl2N2O3S2. The summed E-state index contributed by atoms with van der Waals surface area (Å²) >= 11 is 13.7. The predicted molar refractivity (Wildman–Crippen MR) is 125 cm³/mol. The molecule has 1 atom stereocenters. The standard InChI is InChI=1S/C21H24Cl2N2O3S2/c1-2-29-20-8-4-3-7-19(20)24-21(26)15-6-5-11-25(13-15)30(27,28)14-16-9-10-17(22)12-18(16)23/h3-4,7-10,12,15H,2,5-6,11,13-14H2,1H3,(H,24,26)/t15-/m1/s1. The molecule has 1 heterocycles. The van der Waals surface area contributed by atoms with Crippen molar-refractivity contribution < 1.29 is 13.2 Å². The van der Waals surface area contributed by atoms with E-state index < -0.39 is 15.9 Å². The fraction of sp³-hybridized carbons (Fsp3) is 0.381. The lowest BCUT2D eigenvalue weighted by molar-refractivity contribution is -0.120. The van der Waals surface area contributed by atoms with Gasteiger partial charge in [0, 0.05) is 28.0 Å². The van der Waals surface area contributed by atoms with Crippen LogP contribution >= 0.6 is 35.0 Å². The van der Waals surface area contributed by atoms with E-state index in [1.165, 1.54) is 10.4 Å². The molecule has 0 aromatic heterocycles. The number of rotatable bonds is 7. The number of amides is 1. The van der Waals surface area contributed by atoms with Crippen LogP contribution in [0.25, 0.3) is 0 Å². The van der Waals surface area contributed by atoms with Gasteiger partial charge in [0.05, 0.1) is 17.4 Å². The molecule has 30 heavy (non-hydrogen) atoms. The van der Waals surface area contributed by atoms with Crippen molar-refractivity contribution in [3.63, 3.8) is 0 Å². The zero-order valence-corrected chi connectivity index (χ0v) is 19.8. The number of sulfonamides is 1. The van der Waals surface area contributed by atoms with Gasteiger partial charge in [0.15, 0.2) is 0 Å². The second-order valence-electron chi connectivity index (χ2n) is 7.11. The van der Waals surface area contributed by atoms with Crippen LogP contribution in [0, 0.1) is 5.92 Å². The number of anilines is 1. The average molecular weight is 487 g/mol. The first-order valence-corrected chi connectivity index (χ1v) is 13.1. The lowest BCUT2D eigenvalue weighted by Crippen LogP contribution is -2.44. The van der Waals surface area contributed by atoms with Gasteiger partial charge in [0.25, 0.3) is 0 Å². The molecule has 2 aromatic rings. The van der Waals surface area contributed by atoms with Gasteiger partial charge in [-0.25, -0.2) is 12.7 Å². The zero-order chi connectivity index (χ0) is 21.7. The molecule has 5 nitrogen and oxygen atoms in total. The van der Waals surface area contributed by atoms with Crippen LogP contribution < -0.4 is 5.32 Å². The van der Waals surface area contributed by atoms with Crippen molar-refractivity contribution in [2.75, 3.05) is 24.2 Å². The minimum absolute atomic E-state index is 0.149. The van der Waals surface area contributed by atoms with Gasteiger partial charge in [-0.05, 0) is 48.4 Å². The van der Waals surface area contributed by atoms with Crippen LogP contribution in [0.5, 0.6) is 0 Å². The third-order valence-corrected chi connectivity index (χ3v) is 8.28. The minimum atomic E-state index is -3.61. The van der Waals surface area contributed by atoms with E-state index >= 15 is 0 Å². The summed E-state index contributed by atoms with van der Waals surface area (Å²) in [5.41, 5.74) is 1.26. The lowest BCUT2D eigenvalue weighted by Gasteiger charge is -2.31. The maximum absolute atomic E-state index is 13.0. The summed E-state index contributed by atoms with van der Waals surface area (Å²) in [6.07, 6.45) is 1.29. The number of carbonyl (C=O) groups is 1. The topological polar surface area (TPSA) is 66.5 Å². The Morgan fingerprint density at radius 2 is 2.00 bits per heavy atom. The summed E-state index contributed by atoms with van der Waals surface area (Å²) in [5.74, 6) is 0.139. The Labute approximate surface area is 192 Å². The number of hydrogen-bond acceptors (Lipinski definition) is 4. The molecule has 0 saturated carbocycles. The molecule has 1 amide bonds. The van der Waals surface area contributed by atoms with Crippen LogP contribution in [0.1, 0.15) is 25.3 Å². The maximum atomic E-state index is 13.0. The van der Waals surface area contributed by atoms with Crippen molar-refractivity contribution in [3.05, 3.63) is 58.1 Å². The molecule has 1 saturated heterocycles. The van der Waals surface area contributed by atoms with Gasteiger partial charge in [-0.15, -0.1) is 11.8 Å². The van der Waals surface area contributed by atoms with Crippen LogP contribution in [0.2, 0.25) is 10.0 Å². The monoisotopic (exact) mass is 486 g/mol. The van der Waals surface area contributed by atoms with E-state index in [4.69, 9.17) is 23.2 Å². The summed E-state index contributed by atoms with van der Waals surface area (Å²) in [7, 11) is -3.61. The van der Waals surface area contributed by atoms with Gasteiger partial charge in [-0.1, -0.05) is 48.3 Å². The Hall–Kier alpha value is -1.25. The smallest absolute Gasteiger partial charge is 0.228 e. The second-order valence-corrected chi connectivity index (χ2v) is 11.2. The molecule has 1 fully saturated rings. The molecule has 0 spiro atoms. The van der Waals surface area contributed by atoms with E-state index in [0.717, 1.165) is 16.3 Å². The maximum Gasteiger partial charge on any atom is 0.228 e. The highest BCUT2D eigenvalue weighted by atomic mass is 35.5. The minimum Gasteiger partial charge on any atom is -0.325 e. The van der Waals surface area contributed by atoms with Crippen molar-refractivity contribution in [1.29, 1.82) is 0 Å². The molecule has 0 aliphatic carbocycles. The predicted octanol–water partition coefficient (Wildman–Crippen LogP) is 5.29. The molecule has 3 rings (SSSR count). The first-order valence-electron chi connectivity index (χ1n) is 9.74. The summed E-state index contributed by atoms with van der Waals surface area (Å²) in [6.45, 7) is 2.63. The molecule has 2 aromatic carbocycles. The number of halogens is 2. The SMILES string of the molecule is CCSc1ccccc1NC(=O)[C@@H]1CCCN(S(=O)(=O)Cc2ccc(Cl)cc2Cl)C1. The quantitative estimate of drug-likeness (QED) is 0.540. The fourth-order valence-corrected chi connectivity index (χ4v) is 6.38.